The summed E-state index contributed by atoms with van der Waals surface area (Å²) in [6, 6.07) is 6.38. The van der Waals surface area contributed by atoms with Gasteiger partial charge in [0.15, 0.2) is 0 Å². The van der Waals surface area contributed by atoms with Crippen molar-refractivity contribution in [3.8, 4) is 0 Å². The van der Waals surface area contributed by atoms with Crippen LogP contribution in [0.3, 0.4) is 0 Å². The van der Waals surface area contributed by atoms with Crippen molar-refractivity contribution in [1.82, 2.24) is 4.90 Å². The van der Waals surface area contributed by atoms with Crippen LogP contribution >= 0.6 is 0 Å². The van der Waals surface area contributed by atoms with Gasteiger partial charge in [0.1, 0.15) is 12.4 Å². The maximum absolute atomic E-state index is 13.4. The molecule has 1 N–H and O–H groups in total. The summed E-state index contributed by atoms with van der Waals surface area (Å²) >= 11 is 0. The average molecular weight is 265 g/mol. The van der Waals surface area contributed by atoms with Crippen molar-refractivity contribution in [2.24, 2.45) is 0 Å². The van der Waals surface area contributed by atoms with E-state index < -0.39 is 5.97 Å². The van der Waals surface area contributed by atoms with Crippen LogP contribution in [0, 0.1) is 5.82 Å². The Bertz CT molecular complexity index is 485. The van der Waals surface area contributed by atoms with Gasteiger partial charge >= 0.3 is 5.97 Å². The quantitative estimate of drug-likeness (QED) is 0.853. The van der Waals surface area contributed by atoms with E-state index in [4.69, 9.17) is 5.11 Å². The molecular formula is C14H16FNO3. The number of carbonyl (C=O) groups is 2. The van der Waals surface area contributed by atoms with Crippen molar-refractivity contribution in [2.45, 2.75) is 31.7 Å². The molecule has 4 nitrogen and oxygen atoms in total. The first-order chi connectivity index (χ1) is 9.08. The van der Waals surface area contributed by atoms with Crippen molar-refractivity contribution in [2.75, 3.05) is 6.54 Å². The molecule has 0 heterocycles. The largest absolute Gasteiger partial charge is 0.480 e. The van der Waals surface area contributed by atoms with E-state index >= 15 is 0 Å². The highest BCUT2D eigenvalue weighted by Crippen LogP contribution is 2.27. The van der Waals surface area contributed by atoms with E-state index in [1.165, 1.54) is 11.0 Å². The fourth-order valence-corrected chi connectivity index (χ4v) is 2.04. The molecule has 0 aromatic heterocycles. The molecule has 0 unspecified atom stereocenters. The smallest absolute Gasteiger partial charge is 0.323 e. The lowest BCUT2D eigenvalue weighted by atomic mass is 10.1. The minimum Gasteiger partial charge on any atom is -0.480 e. The van der Waals surface area contributed by atoms with Crippen LogP contribution in [0.5, 0.6) is 0 Å². The van der Waals surface area contributed by atoms with Gasteiger partial charge in [-0.2, -0.15) is 0 Å². The molecule has 0 radical (unpaired) electrons. The van der Waals surface area contributed by atoms with Crippen molar-refractivity contribution >= 4 is 11.9 Å². The van der Waals surface area contributed by atoms with Crippen LogP contribution in [-0.2, 0) is 16.0 Å². The van der Waals surface area contributed by atoms with E-state index in [-0.39, 0.29) is 30.7 Å². The molecule has 0 saturated heterocycles. The Labute approximate surface area is 110 Å². The number of hydrogen-bond donors (Lipinski definition) is 1. The maximum Gasteiger partial charge on any atom is 0.323 e. The van der Waals surface area contributed by atoms with E-state index in [9.17, 15) is 14.0 Å². The lowest BCUT2D eigenvalue weighted by molar-refractivity contribution is -0.144. The zero-order valence-electron chi connectivity index (χ0n) is 10.5. The van der Waals surface area contributed by atoms with Crippen LogP contribution in [0.25, 0.3) is 0 Å². The Hall–Kier alpha value is -1.91. The monoisotopic (exact) mass is 265 g/mol. The van der Waals surface area contributed by atoms with Gasteiger partial charge in [-0.1, -0.05) is 18.2 Å². The fourth-order valence-electron chi connectivity index (χ4n) is 2.04. The molecule has 2 rings (SSSR count). The van der Waals surface area contributed by atoms with Crippen LogP contribution < -0.4 is 0 Å². The highest BCUT2D eigenvalue weighted by atomic mass is 19.1. The zero-order chi connectivity index (χ0) is 13.8. The zero-order valence-corrected chi connectivity index (χ0v) is 10.5. The van der Waals surface area contributed by atoms with Crippen molar-refractivity contribution in [3.05, 3.63) is 35.6 Å². The first-order valence-corrected chi connectivity index (χ1v) is 6.32. The number of amides is 1. The number of carboxylic acid groups (broad SMARTS) is 1. The molecule has 5 heteroatoms. The third-order valence-corrected chi connectivity index (χ3v) is 3.18. The summed E-state index contributed by atoms with van der Waals surface area (Å²) in [6.45, 7) is -0.263. The minimum absolute atomic E-state index is 0.0595. The Kier molecular flexibility index (Phi) is 4.14. The SMILES string of the molecule is O=C(O)CN(C(=O)CCc1ccccc1F)C1CC1. The van der Waals surface area contributed by atoms with Crippen LogP contribution in [0.4, 0.5) is 4.39 Å². The van der Waals surface area contributed by atoms with Crippen LogP contribution in [0.2, 0.25) is 0 Å². The van der Waals surface area contributed by atoms with Gasteiger partial charge < -0.3 is 10.0 Å². The lowest BCUT2D eigenvalue weighted by Crippen LogP contribution is -2.37. The van der Waals surface area contributed by atoms with Crippen LogP contribution in [0.1, 0.15) is 24.8 Å². The molecule has 1 amide bonds. The van der Waals surface area contributed by atoms with Gasteiger partial charge in [-0.25, -0.2) is 4.39 Å². The number of rotatable bonds is 6. The molecule has 1 aromatic rings. The second kappa shape index (κ2) is 5.82. The number of carboxylic acids is 1. The summed E-state index contributed by atoms with van der Waals surface area (Å²) in [5.41, 5.74) is 0.488. The molecule has 1 aromatic carbocycles. The normalized spacial score (nSPS) is 14.2. The molecule has 1 fully saturated rings. The van der Waals surface area contributed by atoms with Gasteiger partial charge in [-0.15, -0.1) is 0 Å². The first kappa shape index (κ1) is 13.5. The molecule has 19 heavy (non-hydrogen) atoms. The summed E-state index contributed by atoms with van der Waals surface area (Å²) < 4.78 is 13.4. The number of hydrogen-bond acceptors (Lipinski definition) is 2. The van der Waals surface area contributed by atoms with E-state index in [1.54, 1.807) is 18.2 Å². The van der Waals surface area contributed by atoms with Crippen LogP contribution in [-0.4, -0.2) is 34.5 Å². The first-order valence-electron chi connectivity index (χ1n) is 6.32. The van der Waals surface area contributed by atoms with Crippen LogP contribution in [0.15, 0.2) is 24.3 Å². The summed E-state index contributed by atoms with van der Waals surface area (Å²) in [7, 11) is 0. The highest BCUT2D eigenvalue weighted by Gasteiger charge is 2.33. The van der Waals surface area contributed by atoms with Gasteiger partial charge in [-0.3, -0.25) is 9.59 Å². The highest BCUT2D eigenvalue weighted by molar-refractivity contribution is 5.82. The predicted molar refractivity (Wildman–Crippen MR) is 67.1 cm³/mol. The van der Waals surface area contributed by atoms with E-state index in [0.29, 0.717) is 12.0 Å². The Morgan fingerprint density at radius 3 is 2.58 bits per heavy atom. The number of carbonyl (C=O) groups excluding carboxylic acids is 1. The number of halogens is 1. The molecule has 1 aliphatic rings. The lowest BCUT2D eigenvalue weighted by Gasteiger charge is -2.20. The second-order valence-corrected chi connectivity index (χ2v) is 4.74. The van der Waals surface area contributed by atoms with Gasteiger partial charge in [0, 0.05) is 12.5 Å². The molecule has 0 spiro atoms. The number of aliphatic carboxylic acids is 1. The third-order valence-electron chi connectivity index (χ3n) is 3.18. The number of aryl methyl sites for hydroxylation is 1. The van der Waals surface area contributed by atoms with Crippen molar-refractivity contribution in [3.63, 3.8) is 0 Å². The maximum atomic E-state index is 13.4. The van der Waals surface area contributed by atoms with Gasteiger partial charge in [0.2, 0.25) is 5.91 Å². The van der Waals surface area contributed by atoms with Crippen molar-refractivity contribution in [1.29, 1.82) is 0 Å². The Balaban J connectivity index is 1.92. The van der Waals surface area contributed by atoms with Gasteiger partial charge in [0.25, 0.3) is 0 Å². The summed E-state index contributed by atoms with van der Waals surface area (Å²) in [6.07, 6.45) is 2.16. The number of benzene rings is 1. The summed E-state index contributed by atoms with van der Waals surface area (Å²) in [4.78, 5) is 24.1. The third kappa shape index (κ3) is 3.77. The summed E-state index contributed by atoms with van der Waals surface area (Å²) in [5.74, 6) is -1.55. The fraction of sp³-hybridized carbons (Fsp3) is 0.429. The van der Waals surface area contributed by atoms with Crippen molar-refractivity contribution < 1.29 is 19.1 Å². The van der Waals surface area contributed by atoms with E-state index in [1.807, 2.05) is 0 Å². The summed E-state index contributed by atoms with van der Waals surface area (Å²) in [5, 5.41) is 8.78. The Morgan fingerprint density at radius 1 is 1.32 bits per heavy atom. The van der Waals surface area contributed by atoms with Gasteiger partial charge in [0.05, 0.1) is 0 Å². The molecule has 102 valence electrons. The predicted octanol–water partition coefficient (Wildman–Crippen LogP) is 1.83. The van der Waals surface area contributed by atoms with E-state index in [0.717, 1.165) is 12.8 Å². The van der Waals surface area contributed by atoms with Gasteiger partial charge in [-0.05, 0) is 30.9 Å². The molecular weight excluding hydrogens is 249 g/mol. The van der Waals surface area contributed by atoms with E-state index in [2.05, 4.69) is 0 Å². The molecule has 1 saturated carbocycles. The molecule has 0 atom stereocenters. The number of nitrogens with zero attached hydrogens (tertiary/aromatic N) is 1. The average Bonchev–Trinajstić information content (AvgIpc) is 3.18. The topological polar surface area (TPSA) is 57.6 Å². The minimum atomic E-state index is -1.01. The molecule has 1 aliphatic carbocycles. The molecule has 0 bridgehead atoms. The standard InChI is InChI=1S/C14H16FNO3/c15-12-4-2-1-3-10(12)5-8-13(17)16(9-14(18)19)11-6-7-11/h1-4,11H,5-9H2,(H,18,19). The second-order valence-electron chi connectivity index (χ2n) is 4.74. The Morgan fingerprint density at radius 2 is 2.00 bits per heavy atom. The molecule has 0 aliphatic heterocycles.